The third kappa shape index (κ3) is 6.49. The molecule has 5 aromatic rings. The Labute approximate surface area is 275 Å². The minimum atomic E-state index is -0.802. The van der Waals surface area contributed by atoms with Gasteiger partial charge in [-0.05, 0) is 75.6 Å². The summed E-state index contributed by atoms with van der Waals surface area (Å²) in [5, 5.41) is 26.6. The Bertz CT molecular complexity index is 1900. The Morgan fingerprint density at radius 2 is 1.67 bits per heavy atom. The molecule has 1 atom stereocenters. The molecule has 3 heterocycles. The van der Waals surface area contributed by atoms with Crippen LogP contribution in [0.1, 0.15) is 62.5 Å². The topological polar surface area (TPSA) is 94.7 Å². The van der Waals surface area contributed by atoms with Crippen LogP contribution in [0.25, 0.3) is 10.9 Å². The highest BCUT2D eigenvalue weighted by molar-refractivity contribution is 6.32. The molecule has 8 nitrogen and oxygen atoms in total. The lowest BCUT2D eigenvalue weighted by atomic mass is 9.98. The SMILES string of the molecule is CC(C)(C)N1CCC(n2cc([C@@H](Nc3cc(Cl)cc4c(Nc5c(F)cccc5F)c(C#N)cnc34)c3ccc(Cl)cc3)nn2)CC1. The first-order chi connectivity index (χ1) is 22.0. The lowest BCUT2D eigenvalue weighted by Gasteiger charge is -2.40. The van der Waals surface area contributed by atoms with Crippen molar-refractivity contribution in [2.24, 2.45) is 0 Å². The van der Waals surface area contributed by atoms with E-state index in [1.165, 1.54) is 12.3 Å². The number of nitrogens with zero attached hydrogens (tertiary/aromatic N) is 6. The molecule has 0 amide bonds. The number of pyridine rings is 1. The van der Waals surface area contributed by atoms with Gasteiger partial charge in [0, 0.05) is 40.3 Å². The zero-order chi connectivity index (χ0) is 32.6. The molecule has 0 bridgehead atoms. The highest BCUT2D eigenvalue weighted by Gasteiger charge is 2.29. The van der Waals surface area contributed by atoms with Gasteiger partial charge in [-0.25, -0.2) is 13.5 Å². The first-order valence-electron chi connectivity index (χ1n) is 14.9. The van der Waals surface area contributed by atoms with Crippen molar-refractivity contribution >= 4 is 51.2 Å². The number of likely N-dealkylation sites (tertiary alicyclic amines) is 1. The van der Waals surface area contributed by atoms with Gasteiger partial charge in [-0.3, -0.25) is 9.88 Å². The Balaban J connectivity index is 1.39. The second kappa shape index (κ2) is 12.8. The lowest BCUT2D eigenvalue weighted by molar-refractivity contribution is 0.0866. The molecule has 0 unspecified atom stereocenters. The van der Waals surface area contributed by atoms with Crippen molar-refractivity contribution < 1.29 is 8.78 Å². The number of nitrogens with one attached hydrogen (secondary N) is 2. The van der Waals surface area contributed by atoms with Crippen LogP contribution in [-0.4, -0.2) is 43.5 Å². The number of benzene rings is 3. The summed E-state index contributed by atoms with van der Waals surface area (Å²) in [6.45, 7) is 8.64. The van der Waals surface area contributed by atoms with Gasteiger partial charge >= 0.3 is 0 Å². The third-order valence-corrected chi connectivity index (χ3v) is 8.85. The van der Waals surface area contributed by atoms with Crippen LogP contribution >= 0.6 is 23.2 Å². The van der Waals surface area contributed by atoms with Gasteiger partial charge < -0.3 is 10.6 Å². The van der Waals surface area contributed by atoms with E-state index in [2.05, 4.69) is 57.7 Å². The zero-order valence-electron chi connectivity index (χ0n) is 25.5. The van der Waals surface area contributed by atoms with E-state index < -0.39 is 17.7 Å². The average molecular weight is 662 g/mol. The molecule has 2 N–H and O–H groups in total. The van der Waals surface area contributed by atoms with Crippen LogP contribution in [0.3, 0.4) is 0 Å². The van der Waals surface area contributed by atoms with Crippen LogP contribution in [0.15, 0.2) is 67.0 Å². The summed E-state index contributed by atoms with van der Waals surface area (Å²) >= 11 is 12.9. The number of halogens is 4. The molecule has 1 aliphatic heterocycles. The number of hydrogen-bond acceptors (Lipinski definition) is 7. The maximum Gasteiger partial charge on any atom is 0.149 e. The first kappa shape index (κ1) is 31.7. The molecule has 1 fully saturated rings. The molecule has 0 radical (unpaired) electrons. The molecule has 6 rings (SSSR count). The van der Waals surface area contributed by atoms with Crippen molar-refractivity contribution in [3.63, 3.8) is 0 Å². The summed E-state index contributed by atoms with van der Waals surface area (Å²) in [6.07, 6.45) is 5.24. The minimum Gasteiger partial charge on any atom is -0.371 e. The summed E-state index contributed by atoms with van der Waals surface area (Å²) in [4.78, 5) is 7.05. The molecule has 1 aliphatic rings. The van der Waals surface area contributed by atoms with Gasteiger partial charge in [0.05, 0.1) is 40.7 Å². The molecular weight excluding hydrogens is 629 g/mol. The normalized spacial score (nSPS) is 15.1. The highest BCUT2D eigenvalue weighted by atomic mass is 35.5. The van der Waals surface area contributed by atoms with Crippen molar-refractivity contribution in [1.82, 2.24) is 24.9 Å². The van der Waals surface area contributed by atoms with Gasteiger partial charge in [-0.1, -0.05) is 46.6 Å². The fourth-order valence-corrected chi connectivity index (χ4v) is 6.22. The molecule has 0 spiro atoms. The Morgan fingerprint density at radius 3 is 2.33 bits per heavy atom. The average Bonchev–Trinajstić information content (AvgIpc) is 3.52. The maximum atomic E-state index is 14.6. The Hall–Kier alpha value is -4.30. The lowest BCUT2D eigenvalue weighted by Crippen LogP contribution is -2.46. The minimum absolute atomic E-state index is 0.0954. The molecule has 0 aliphatic carbocycles. The van der Waals surface area contributed by atoms with Crippen LogP contribution in [0, 0.1) is 23.0 Å². The second-order valence-corrected chi connectivity index (χ2v) is 13.2. The van der Waals surface area contributed by atoms with E-state index in [0.717, 1.165) is 43.6 Å². The van der Waals surface area contributed by atoms with Gasteiger partial charge in [0.15, 0.2) is 0 Å². The molecule has 2 aromatic heterocycles. The van der Waals surface area contributed by atoms with E-state index in [4.69, 9.17) is 23.2 Å². The van der Waals surface area contributed by atoms with E-state index in [9.17, 15) is 14.0 Å². The number of hydrogen-bond donors (Lipinski definition) is 2. The third-order valence-electron chi connectivity index (χ3n) is 8.38. The smallest absolute Gasteiger partial charge is 0.149 e. The fourth-order valence-electron chi connectivity index (χ4n) is 5.88. The van der Waals surface area contributed by atoms with E-state index in [1.54, 1.807) is 24.3 Å². The number of anilines is 3. The van der Waals surface area contributed by atoms with E-state index in [0.29, 0.717) is 32.3 Å². The van der Waals surface area contributed by atoms with Crippen molar-refractivity contribution in [3.8, 4) is 6.07 Å². The van der Waals surface area contributed by atoms with Crippen molar-refractivity contribution in [3.05, 3.63) is 105 Å². The van der Waals surface area contributed by atoms with E-state index in [1.807, 2.05) is 23.0 Å². The van der Waals surface area contributed by atoms with Crippen molar-refractivity contribution in [2.45, 2.75) is 51.2 Å². The quantitative estimate of drug-likeness (QED) is 0.180. The summed E-state index contributed by atoms with van der Waals surface area (Å²) in [7, 11) is 0. The number of fused-ring (bicyclic) bond motifs is 1. The number of aromatic nitrogens is 4. The number of nitriles is 1. The van der Waals surface area contributed by atoms with Crippen molar-refractivity contribution in [2.75, 3.05) is 23.7 Å². The number of rotatable bonds is 7. The standard InChI is InChI=1S/C34H32Cl2F2N8/c1-34(2,3)45-13-11-24(12-14-45)46-19-29(43-44-46)31(20-7-9-22(35)10-8-20)41-28-16-23(36)15-25-30(21(17-39)18-40-32(25)28)42-33-26(37)5-4-6-27(33)38/h4-10,15-16,18-19,24,31,41H,11-14H2,1-3H3,(H,40,42)/t31-/m0/s1. The molecule has 12 heteroatoms. The summed E-state index contributed by atoms with van der Waals surface area (Å²) in [6, 6.07) is 16.1. The zero-order valence-corrected chi connectivity index (χ0v) is 27.0. The number of piperidine rings is 1. The van der Waals surface area contributed by atoms with Crippen LogP contribution in [0.5, 0.6) is 0 Å². The van der Waals surface area contributed by atoms with Crippen LogP contribution in [-0.2, 0) is 0 Å². The van der Waals surface area contributed by atoms with Gasteiger partial charge in [0.25, 0.3) is 0 Å². The van der Waals surface area contributed by atoms with Gasteiger partial charge in [0.1, 0.15) is 29.1 Å². The van der Waals surface area contributed by atoms with Crippen LogP contribution < -0.4 is 10.6 Å². The highest BCUT2D eigenvalue weighted by Crippen LogP contribution is 2.38. The van der Waals surface area contributed by atoms with Crippen LogP contribution in [0.4, 0.5) is 25.8 Å². The largest absolute Gasteiger partial charge is 0.371 e. The van der Waals surface area contributed by atoms with Gasteiger partial charge in [-0.2, -0.15) is 5.26 Å². The summed E-state index contributed by atoms with van der Waals surface area (Å²) < 4.78 is 31.2. The molecule has 46 heavy (non-hydrogen) atoms. The Kier molecular flexibility index (Phi) is 8.84. The predicted octanol–water partition coefficient (Wildman–Crippen LogP) is 8.66. The first-order valence-corrected chi connectivity index (χ1v) is 15.7. The van der Waals surface area contributed by atoms with Gasteiger partial charge in [0.2, 0.25) is 0 Å². The van der Waals surface area contributed by atoms with Crippen molar-refractivity contribution in [1.29, 1.82) is 5.26 Å². The molecule has 1 saturated heterocycles. The molecule has 0 saturated carbocycles. The van der Waals surface area contributed by atoms with E-state index >= 15 is 0 Å². The van der Waals surface area contributed by atoms with E-state index in [-0.39, 0.29) is 28.5 Å². The molecule has 3 aromatic carbocycles. The summed E-state index contributed by atoms with van der Waals surface area (Å²) in [5.74, 6) is -1.60. The Morgan fingerprint density at radius 1 is 0.978 bits per heavy atom. The van der Waals surface area contributed by atoms with Gasteiger partial charge in [-0.15, -0.1) is 5.10 Å². The predicted molar refractivity (Wildman–Crippen MR) is 178 cm³/mol. The number of para-hydroxylation sites is 1. The fraction of sp³-hybridized carbons (Fsp3) is 0.294. The maximum absolute atomic E-state index is 14.6. The second-order valence-electron chi connectivity index (χ2n) is 12.4. The molecule has 236 valence electrons. The van der Waals surface area contributed by atoms with Crippen LogP contribution in [0.2, 0.25) is 10.0 Å². The monoisotopic (exact) mass is 660 g/mol. The molecular formula is C34H32Cl2F2N8. The summed E-state index contributed by atoms with van der Waals surface area (Å²) in [5.41, 5.74) is 2.51.